The molecule has 1 aromatic heterocycles. The molecule has 2 fully saturated rings. The molecular weight excluding hydrogens is 597 g/mol. The molecule has 1 aliphatic carbocycles. The predicted octanol–water partition coefficient (Wildman–Crippen LogP) is 5.82. The molecule has 5 rings (SSSR count). The van der Waals surface area contributed by atoms with E-state index in [0.29, 0.717) is 15.6 Å². The number of rotatable bonds is 11. The molecule has 4 atom stereocenters. The molecule has 1 aliphatic heterocycles. The van der Waals surface area contributed by atoms with Crippen LogP contribution < -0.4 is 4.72 Å². The fraction of sp³-hybridized carbons (Fsp3) is 0.387. The molecule has 2 aromatic carbocycles. The van der Waals surface area contributed by atoms with Gasteiger partial charge in [0.25, 0.3) is 0 Å². The Kier molecular flexibility index (Phi) is 8.94. The van der Waals surface area contributed by atoms with E-state index in [0.717, 1.165) is 24.0 Å². The van der Waals surface area contributed by atoms with Gasteiger partial charge in [0, 0.05) is 40.9 Å². The third kappa shape index (κ3) is 6.97. The average molecular weight is 631 g/mol. The van der Waals surface area contributed by atoms with Crippen molar-refractivity contribution in [3.05, 3.63) is 99.8 Å². The number of amides is 1. The van der Waals surface area contributed by atoms with Gasteiger partial charge in [-0.05, 0) is 72.2 Å². The van der Waals surface area contributed by atoms with Crippen LogP contribution in [0.4, 0.5) is 0 Å². The molecule has 11 heteroatoms. The van der Waals surface area contributed by atoms with Crippen molar-refractivity contribution in [2.75, 3.05) is 6.54 Å². The lowest BCUT2D eigenvalue weighted by atomic mass is 9.67. The number of piperidine rings is 1. The van der Waals surface area contributed by atoms with Crippen LogP contribution in [0.2, 0.25) is 10.0 Å². The summed E-state index contributed by atoms with van der Waals surface area (Å²) in [6.45, 7) is 1.71. The smallest absolute Gasteiger partial charge is 0.304 e. The Bertz CT molecular complexity index is 1550. The van der Waals surface area contributed by atoms with Crippen LogP contribution in [0, 0.1) is 11.3 Å². The first-order chi connectivity index (χ1) is 20.0. The molecule has 0 bridgehead atoms. The molecule has 1 saturated heterocycles. The lowest BCUT2D eigenvalue weighted by Gasteiger charge is -2.52. The van der Waals surface area contributed by atoms with E-state index in [2.05, 4.69) is 9.71 Å². The number of benzene rings is 2. The zero-order valence-corrected chi connectivity index (χ0v) is 25.4. The molecule has 0 spiro atoms. The van der Waals surface area contributed by atoms with Crippen LogP contribution in [0.3, 0.4) is 0 Å². The van der Waals surface area contributed by atoms with Crippen LogP contribution in [0.25, 0.3) is 0 Å². The van der Waals surface area contributed by atoms with Crippen LogP contribution >= 0.6 is 23.2 Å². The van der Waals surface area contributed by atoms with E-state index in [1.807, 2.05) is 30.3 Å². The van der Waals surface area contributed by atoms with E-state index < -0.39 is 33.5 Å². The number of carbonyl (C=O) groups is 2. The van der Waals surface area contributed by atoms with Gasteiger partial charge in [0.05, 0.1) is 23.6 Å². The Morgan fingerprint density at radius 2 is 1.83 bits per heavy atom. The molecule has 2 aliphatic rings. The number of aliphatic carboxylic acids is 1. The van der Waals surface area contributed by atoms with Crippen molar-refractivity contribution in [1.29, 1.82) is 0 Å². The molecule has 1 amide bonds. The van der Waals surface area contributed by atoms with Crippen molar-refractivity contribution in [2.24, 2.45) is 11.3 Å². The normalized spacial score (nSPS) is 23.5. The molecule has 0 radical (unpaired) electrons. The van der Waals surface area contributed by atoms with E-state index in [1.54, 1.807) is 48.4 Å². The Morgan fingerprint density at radius 3 is 2.45 bits per heavy atom. The van der Waals surface area contributed by atoms with Gasteiger partial charge in [-0.3, -0.25) is 14.6 Å². The summed E-state index contributed by atoms with van der Waals surface area (Å²) in [5.74, 6) is -1.85. The Morgan fingerprint density at radius 1 is 1.10 bits per heavy atom. The minimum atomic E-state index is -3.76. The van der Waals surface area contributed by atoms with Crippen molar-refractivity contribution in [3.8, 4) is 0 Å². The highest BCUT2D eigenvalue weighted by Gasteiger charge is 2.54. The maximum atomic E-state index is 14.5. The second-order valence-corrected chi connectivity index (χ2v) is 14.3. The number of likely N-dealkylation sites (tertiary alicyclic amines) is 1. The zero-order valence-electron chi connectivity index (χ0n) is 23.1. The summed E-state index contributed by atoms with van der Waals surface area (Å²) in [5.41, 5.74) is 1.04. The largest absolute Gasteiger partial charge is 0.481 e. The summed E-state index contributed by atoms with van der Waals surface area (Å²) in [5, 5.41) is 10.9. The number of carboxylic acids is 1. The number of carboxylic acid groups (broad SMARTS) is 1. The standard InChI is InChI=1S/C31H33Cl2N3O5S/c1-31(16-28(37)38)15-26(23-5-2-6-25(33)14-23)29(22-9-11-24(32)12-10-22)36(30(31)39)27(21-7-8-21)18-35-42(40,41)19-20-4-3-13-34-17-20/h2-6,9-14,17,21,26-27,29,35H,7-8,15-16,18-19H2,1H3,(H,37,38). The second kappa shape index (κ2) is 12.3. The highest BCUT2D eigenvalue weighted by molar-refractivity contribution is 7.88. The molecule has 1 saturated carbocycles. The maximum absolute atomic E-state index is 14.5. The van der Waals surface area contributed by atoms with E-state index in [1.165, 1.54) is 6.20 Å². The summed E-state index contributed by atoms with van der Waals surface area (Å²) in [6, 6.07) is 17.1. The van der Waals surface area contributed by atoms with Gasteiger partial charge in [-0.25, -0.2) is 13.1 Å². The fourth-order valence-electron chi connectivity index (χ4n) is 6.18. The Labute approximate surface area is 256 Å². The molecular formula is C31H33Cl2N3O5S. The number of hydrogen-bond donors (Lipinski definition) is 2. The van der Waals surface area contributed by atoms with Crippen molar-refractivity contribution in [1.82, 2.24) is 14.6 Å². The summed E-state index contributed by atoms with van der Waals surface area (Å²) in [7, 11) is -3.76. The topological polar surface area (TPSA) is 117 Å². The van der Waals surface area contributed by atoms with Crippen LogP contribution in [-0.2, 0) is 25.4 Å². The van der Waals surface area contributed by atoms with E-state index >= 15 is 0 Å². The first-order valence-electron chi connectivity index (χ1n) is 13.9. The van der Waals surface area contributed by atoms with Crippen molar-refractivity contribution >= 4 is 45.1 Å². The van der Waals surface area contributed by atoms with Gasteiger partial charge in [0.1, 0.15) is 0 Å². The molecule has 42 heavy (non-hydrogen) atoms. The van der Waals surface area contributed by atoms with Gasteiger partial charge in [-0.2, -0.15) is 0 Å². The molecule has 2 N–H and O–H groups in total. The van der Waals surface area contributed by atoms with E-state index in [4.69, 9.17) is 23.2 Å². The fourth-order valence-corrected chi connectivity index (χ4v) is 7.65. The highest BCUT2D eigenvalue weighted by Crippen LogP contribution is 2.54. The molecule has 222 valence electrons. The third-order valence-corrected chi connectivity index (χ3v) is 10.1. The summed E-state index contributed by atoms with van der Waals surface area (Å²) in [6.07, 6.45) is 4.70. The van der Waals surface area contributed by atoms with Crippen LogP contribution in [0.5, 0.6) is 0 Å². The van der Waals surface area contributed by atoms with E-state index in [9.17, 15) is 23.1 Å². The number of nitrogens with zero attached hydrogens (tertiary/aromatic N) is 2. The lowest BCUT2D eigenvalue weighted by molar-refractivity contribution is -0.161. The number of nitrogens with one attached hydrogen (secondary N) is 1. The van der Waals surface area contributed by atoms with Crippen LogP contribution in [0.15, 0.2) is 73.1 Å². The minimum Gasteiger partial charge on any atom is -0.481 e. The van der Waals surface area contributed by atoms with Gasteiger partial charge in [-0.1, -0.05) is 60.5 Å². The number of hydrogen-bond acceptors (Lipinski definition) is 5. The van der Waals surface area contributed by atoms with Crippen LogP contribution in [0.1, 0.15) is 61.3 Å². The number of aromatic nitrogens is 1. The summed E-state index contributed by atoms with van der Waals surface area (Å²) < 4.78 is 29.0. The van der Waals surface area contributed by atoms with Crippen molar-refractivity contribution in [2.45, 2.75) is 56.4 Å². The van der Waals surface area contributed by atoms with E-state index in [-0.39, 0.29) is 42.9 Å². The maximum Gasteiger partial charge on any atom is 0.304 e. The average Bonchev–Trinajstić information content (AvgIpc) is 3.77. The van der Waals surface area contributed by atoms with Gasteiger partial charge >= 0.3 is 5.97 Å². The second-order valence-electron chi connectivity index (χ2n) is 11.6. The lowest BCUT2D eigenvalue weighted by Crippen LogP contribution is -2.59. The molecule has 4 unspecified atom stereocenters. The summed E-state index contributed by atoms with van der Waals surface area (Å²) in [4.78, 5) is 32.3. The Balaban J connectivity index is 1.58. The quantitative estimate of drug-likeness (QED) is 0.276. The van der Waals surface area contributed by atoms with Gasteiger partial charge in [0.2, 0.25) is 15.9 Å². The van der Waals surface area contributed by atoms with Gasteiger partial charge in [-0.15, -0.1) is 0 Å². The number of halogens is 2. The van der Waals surface area contributed by atoms with Gasteiger partial charge < -0.3 is 10.0 Å². The summed E-state index contributed by atoms with van der Waals surface area (Å²) >= 11 is 12.7. The number of carbonyl (C=O) groups excluding carboxylic acids is 1. The zero-order chi connectivity index (χ0) is 30.1. The molecule has 2 heterocycles. The first-order valence-corrected chi connectivity index (χ1v) is 16.3. The first kappa shape index (κ1) is 30.5. The molecule has 3 aromatic rings. The predicted molar refractivity (Wildman–Crippen MR) is 162 cm³/mol. The SMILES string of the molecule is CC1(CC(=O)O)CC(c2cccc(Cl)c2)C(c2ccc(Cl)cc2)N(C(CNS(=O)(=O)Cc2cccnc2)C2CC2)C1=O. The van der Waals surface area contributed by atoms with Crippen LogP contribution in [-0.4, -0.2) is 47.9 Å². The van der Waals surface area contributed by atoms with Crippen molar-refractivity contribution < 1.29 is 23.1 Å². The highest BCUT2D eigenvalue weighted by atomic mass is 35.5. The third-order valence-electron chi connectivity index (χ3n) is 8.25. The molecule has 8 nitrogen and oxygen atoms in total. The van der Waals surface area contributed by atoms with Gasteiger partial charge in [0.15, 0.2) is 0 Å². The minimum absolute atomic E-state index is 0.00844. The number of sulfonamides is 1. The Hall–Kier alpha value is -2.98. The van der Waals surface area contributed by atoms with Crippen molar-refractivity contribution in [3.63, 3.8) is 0 Å². The monoisotopic (exact) mass is 629 g/mol. The number of pyridine rings is 1.